The minimum absolute atomic E-state index is 0.0313. The molecule has 0 aliphatic carbocycles. The molecule has 21 heavy (non-hydrogen) atoms. The standard InChI is InChI=1S/C16H22N4O/c1-4-18-16(21)13-6-7-15(12(3)8-13)19-10-14-9-17-11-20(14)5-2/h6-9,11,19H,4-5,10H2,1-3H3,(H,18,21). The summed E-state index contributed by atoms with van der Waals surface area (Å²) in [5.41, 5.74) is 3.93. The quantitative estimate of drug-likeness (QED) is 0.858. The molecule has 0 saturated heterocycles. The number of carbonyl (C=O) groups excluding carboxylic acids is 1. The highest BCUT2D eigenvalue weighted by Gasteiger charge is 2.07. The molecule has 1 aromatic carbocycles. The Bertz CT molecular complexity index is 618. The van der Waals surface area contributed by atoms with E-state index in [1.807, 2.05) is 44.6 Å². The number of benzene rings is 1. The van der Waals surface area contributed by atoms with Gasteiger partial charge in [0.25, 0.3) is 5.91 Å². The van der Waals surface area contributed by atoms with Gasteiger partial charge in [-0.3, -0.25) is 4.79 Å². The Kier molecular flexibility index (Phi) is 4.98. The van der Waals surface area contributed by atoms with Crippen molar-refractivity contribution in [3.8, 4) is 0 Å². The maximum atomic E-state index is 11.8. The number of aryl methyl sites for hydroxylation is 2. The number of rotatable bonds is 6. The first-order chi connectivity index (χ1) is 10.2. The summed E-state index contributed by atoms with van der Waals surface area (Å²) in [6.07, 6.45) is 3.71. The van der Waals surface area contributed by atoms with Gasteiger partial charge in [0.15, 0.2) is 0 Å². The number of amides is 1. The number of hydrogen-bond acceptors (Lipinski definition) is 3. The summed E-state index contributed by atoms with van der Waals surface area (Å²) in [7, 11) is 0. The molecule has 0 fully saturated rings. The summed E-state index contributed by atoms with van der Waals surface area (Å²) >= 11 is 0. The van der Waals surface area contributed by atoms with Gasteiger partial charge in [0, 0.05) is 30.5 Å². The maximum absolute atomic E-state index is 11.8. The number of nitrogens with zero attached hydrogens (tertiary/aromatic N) is 2. The second-order valence-electron chi connectivity index (χ2n) is 4.91. The number of imidazole rings is 1. The van der Waals surface area contributed by atoms with E-state index in [1.165, 1.54) is 0 Å². The largest absolute Gasteiger partial charge is 0.379 e. The van der Waals surface area contributed by atoms with Gasteiger partial charge in [-0.25, -0.2) is 4.98 Å². The lowest BCUT2D eigenvalue weighted by Gasteiger charge is -2.12. The molecule has 0 bridgehead atoms. The number of hydrogen-bond donors (Lipinski definition) is 2. The first kappa shape index (κ1) is 15.1. The fourth-order valence-electron chi connectivity index (χ4n) is 2.23. The van der Waals surface area contributed by atoms with Crippen LogP contribution in [0.25, 0.3) is 0 Å². The molecule has 0 radical (unpaired) electrons. The first-order valence-corrected chi connectivity index (χ1v) is 7.27. The van der Waals surface area contributed by atoms with Gasteiger partial charge in [-0.1, -0.05) is 0 Å². The molecule has 112 valence electrons. The minimum atomic E-state index is -0.0313. The van der Waals surface area contributed by atoms with Crippen molar-refractivity contribution < 1.29 is 4.79 Å². The highest BCUT2D eigenvalue weighted by molar-refractivity contribution is 5.94. The molecule has 1 aromatic heterocycles. The van der Waals surface area contributed by atoms with Crippen LogP contribution in [0.3, 0.4) is 0 Å². The van der Waals surface area contributed by atoms with Crippen LogP contribution in [0.1, 0.15) is 35.5 Å². The topological polar surface area (TPSA) is 59.0 Å². The van der Waals surface area contributed by atoms with E-state index in [4.69, 9.17) is 0 Å². The number of carbonyl (C=O) groups is 1. The summed E-state index contributed by atoms with van der Waals surface area (Å²) in [5, 5.41) is 6.20. The summed E-state index contributed by atoms with van der Waals surface area (Å²) in [6, 6.07) is 5.70. The summed E-state index contributed by atoms with van der Waals surface area (Å²) in [5.74, 6) is -0.0313. The van der Waals surface area contributed by atoms with Crippen LogP contribution >= 0.6 is 0 Å². The van der Waals surface area contributed by atoms with Crippen LogP contribution in [-0.2, 0) is 13.1 Å². The fourth-order valence-corrected chi connectivity index (χ4v) is 2.23. The van der Waals surface area contributed by atoms with Crippen LogP contribution in [0.4, 0.5) is 5.69 Å². The van der Waals surface area contributed by atoms with Gasteiger partial charge < -0.3 is 15.2 Å². The minimum Gasteiger partial charge on any atom is -0.379 e. The van der Waals surface area contributed by atoms with Crippen LogP contribution in [0.15, 0.2) is 30.7 Å². The monoisotopic (exact) mass is 286 g/mol. The summed E-state index contributed by atoms with van der Waals surface area (Å²) < 4.78 is 2.10. The third-order valence-corrected chi connectivity index (χ3v) is 3.43. The van der Waals surface area contributed by atoms with Crippen molar-refractivity contribution in [3.63, 3.8) is 0 Å². The van der Waals surface area contributed by atoms with Gasteiger partial charge >= 0.3 is 0 Å². The molecule has 1 amide bonds. The molecular formula is C16H22N4O. The molecular weight excluding hydrogens is 264 g/mol. The Morgan fingerprint density at radius 2 is 2.14 bits per heavy atom. The maximum Gasteiger partial charge on any atom is 0.251 e. The highest BCUT2D eigenvalue weighted by atomic mass is 16.1. The van der Waals surface area contributed by atoms with Crippen LogP contribution < -0.4 is 10.6 Å². The average Bonchev–Trinajstić information content (AvgIpc) is 2.93. The zero-order valence-electron chi connectivity index (χ0n) is 12.8. The highest BCUT2D eigenvalue weighted by Crippen LogP contribution is 2.17. The molecule has 5 heteroatoms. The van der Waals surface area contributed by atoms with Crippen LogP contribution in [0.5, 0.6) is 0 Å². The lowest BCUT2D eigenvalue weighted by molar-refractivity contribution is 0.0956. The van der Waals surface area contributed by atoms with E-state index in [1.54, 1.807) is 0 Å². The summed E-state index contributed by atoms with van der Waals surface area (Å²) in [6.45, 7) is 8.28. The number of anilines is 1. The molecule has 0 unspecified atom stereocenters. The molecule has 2 N–H and O–H groups in total. The Morgan fingerprint density at radius 3 is 2.81 bits per heavy atom. The fraction of sp³-hybridized carbons (Fsp3) is 0.375. The van der Waals surface area contributed by atoms with E-state index in [-0.39, 0.29) is 5.91 Å². The van der Waals surface area contributed by atoms with E-state index in [2.05, 4.69) is 27.1 Å². The van der Waals surface area contributed by atoms with Crippen LogP contribution in [0.2, 0.25) is 0 Å². The molecule has 0 aliphatic rings. The second kappa shape index (κ2) is 6.92. The molecule has 5 nitrogen and oxygen atoms in total. The lowest BCUT2D eigenvalue weighted by Crippen LogP contribution is -2.22. The van der Waals surface area contributed by atoms with E-state index in [0.717, 1.165) is 30.0 Å². The van der Waals surface area contributed by atoms with E-state index < -0.39 is 0 Å². The Hall–Kier alpha value is -2.30. The van der Waals surface area contributed by atoms with Crippen LogP contribution in [-0.4, -0.2) is 22.0 Å². The predicted octanol–water partition coefficient (Wildman–Crippen LogP) is 2.57. The van der Waals surface area contributed by atoms with Crippen molar-refractivity contribution in [3.05, 3.63) is 47.5 Å². The van der Waals surface area contributed by atoms with Gasteiger partial charge in [0.2, 0.25) is 0 Å². The molecule has 0 aliphatic heterocycles. The Labute approximate surface area is 125 Å². The van der Waals surface area contributed by atoms with Crippen molar-refractivity contribution in [2.75, 3.05) is 11.9 Å². The van der Waals surface area contributed by atoms with Crippen molar-refractivity contribution >= 4 is 11.6 Å². The van der Waals surface area contributed by atoms with Crippen LogP contribution in [0, 0.1) is 6.92 Å². The Morgan fingerprint density at radius 1 is 1.33 bits per heavy atom. The third-order valence-electron chi connectivity index (χ3n) is 3.43. The normalized spacial score (nSPS) is 10.4. The third kappa shape index (κ3) is 3.62. The first-order valence-electron chi connectivity index (χ1n) is 7.27. The van der Waals surface area contributed by atoms with Gasteiger partial charge in [0.05, 0.1) is 18.6 Å². The molecule has 1 heterocycles. The second-order valence-corrected chi connectivity index (χ2v) is 4.91. The lowest BCUT2D eigenvalue weighted by atomic mass is 10.1. The molecule has 2 aromatic rings. The molecule has 0 saturated carbocycles. The van der Waals surface area contributed by atoms with E-state index in [0.29, 0.717) is 12.1 Å². The van der Waals surface area contributed by atoms with Crippen molar-refractivity contribution in [2.45, 2.75) is 33.9 Å². The average molecular weight is 286 g/mol. The summed E-state index contributed by atoms with van der Waals surface area (Å²) in [4.78, 5) is 15.9. The van der Waals surface area contributed by atoms with E-state index in [9.17, 15) is 4.79 Å². The van der Waals surface area contributed by atoms with Gasteiger partial charge in [-0.05, 0) is 44.5 Å². The molecule has 2 rings (SSSR count). The molecule has 0 spiro atoms. The zero-order valence-corrected chi connectivity index (χ0v) is 12.8. The predicted molar refractivity (Wildman–Crippen MR) is 84.4 cm³/mol. The number of nitrogens with one attached hydrogen (secondary N) is 2. The van der Waals surface area contributed by atoms with Gasteiger partial charge in [0.1, 0.15) is 0 Å². The van der Waals surface area contributed by atoms with Crippen molar-refractivity contribution in [2.24, 2.45) is 0 Å². The zero-order chi connectivity index (χ0) is 15.2. The smallest absolute Gasteiger partial charge is 0.251 e. The van der Waals surface area contributed by atoms with Gasteiger partial charge in [-0.2, -0.15) is 0 Å². The SMILES string of the molecule is CCNC(=O)c1ccc(NCc2cncn2CC)c(C)c1. The van der Waals surface area contributed by atoms with Gasteiger partial charge in [-0.15, -0.1) is 0 Å². The van der Waals surface area contributed by atoms with Crippen molar-refractivity contribution in [1.82, 2.24) is 14.9 Å². The van der Waals surface area contributed by atoms with Crippen molar-refractivity contribution in [1.29, 1.82) is 0 Å². The molecule has 0 atom stereocenters. The van der Waals surface area contributed by atoms with E-state index >= 15 is 0 Å². The Balaban J connectivity index is 2.06. The number of aromatic nitrogens is 2.